The molecule has 0 aliphatic carbocycles. The highest BCUT2D eigenvalue weighted by molar-refractivity contribution is 7.98. The molecule has 0 saturated carbocycles. The first-order valence-electron chi connectivity index (χ1n) is 10.2. The highest BCUT2D eigenvalue weighted by atomic mass is 32.2. The van der Waals surface area contributed by atoms with E-state index in [1.54, 1.807) is 24.3 Å². The zero-order valence-electron chi connectivity index (χ0n) is 17.4. The molecule has 2 aromatic rings. The lowest BCUT2D eigenvalue weighted by molar-refractivity contribution is -0.151. The molecule has 4 N–H and O–H groups in total. The monoisotopic (exact) mass is 456 g/mol. The molecule has 8 nitrogen and oxygen atoms in total. The van der Waals surface area contributed by atoms with Gasteiger partial charge < -0.3 is 15.3 Å². The Labute approximate surface area is 189 Å². The summed E-state index contributed by atoms with van der Waals surface area (Å²) in [6.45, 7) is 0.0536. The molecule has 0 bridgehead atoms. The Balaban J connectivity index is 1.80. The number of carbonyl (C=O) groups excluding carboxylic acids is 2. The van der Waals surface area contributed by atoms with E-state index in [-0.39, 0.29) is 30.0 Å². The SMILES string of the molecule is CSCC[C@@]1(C(=O)O)N[C@@H](c2ccc(O)cc2O)[C@H]2C(=O)N(Cc3ccccc3)C(=O)[C@@H]21. The molecule has 2 aliphatic heterocycles. The number of likely N-dealkylation sites (tertiary alicyclic amines) is 1. The maximum absolute atomic E-state index is 13.5. The van der Waals surface area contributed by atoms with Crippen LogP contribution in [0, 0.1) is 11.8 Å². The number of hydrogen-bond acceptors (Lipinski definition) is 7. The number of aliphatic carboxylic acids is 1. The quantitative estimate of drug-likeness (QED) is 0.467. The fourth-order valence-corrected chi connectivity index (χ4v) is 5.37. The van der Waals surface area contributed by atoms with E-state index in [1.807, 2.05) is 12.3 Å². The second-order valence-electron chi connectivity index (χ2n) is 8.14. The molecule has 32 heavy (non-hydrogen) atoms. The van der Waals surface area contributed by atoms with Crippen molar-refractivity contribution >= 4 is 29.5 Å². The standard InChI is InChI=1S/C23H24N2O6S/c1-32-10-9-23(22(30)31)18-17(19(24-23)15-8-7-14(26)11-16(15)27)20(28)25(21(18)29)12-13-5-3-2-4-6-13/h2-8,11,17-19,24,26-27H,9-10,12H2,1H3,(H,30,31)/t17-,18+,19-,23+/m0/s1. The number of phenolic OH excluding ortho intramolecular Hbond substituents is 2. The van der Waals surface area contributed by atoms with Crippen molar-refractivity contribution in [1.82, 2.24) is 10.2 Å². The van der Waals surface area contributed by atoms with Crippen molar-refractivity contribution in [1.29, 1.82) is 0 Å². The van der Waals surface area contributed by atoms with Gasteiger partial charge in [-0.05, 0) is 30.1 Å². The summed E-state index contributed by atoms with van der Waals surface area (Å²) in [5.74, 6) is -4.26. The Hall–Kier alpha value is -3.04. The Bertz CT molecular complexity index is 1060. The van der Waals surface area contributed by atoms with Crippen molar-refractivity contribution in [2.45, 2.75) is 24.5 Å². The first-order valence-corrected chi connectivity index (χ1v) is 11.6. The number of nitrogens with zero attached hydrogens (tertiary/aromatic N) is 1. The fourth-order valence-electron chi connectivity index (χ4n) is 4.84. The van der Waals surface area contributed by atoms with E-state index in [0.717, 1.165) is 16.5 Å². The zero-order valence-corrected chi connectivity index (χ0v) is 18.2. The third-order valence-electron chi connectivity index (χ3n) is 6.36. The summed E-state index contributed by atoms with van der Waals surface area (Å²) in [5.41, 5.74) is -0.620. The number of phenols is 2. The van der Waals surface area contributed by atoms with E-state index in [0.29, 0.717) is 5.75 Å². The van der Waals surface area contributed by atoms with Crippen LogP contribution >= 0.6 is 11.8 Å². The van der Waals surface area contributed by atoms with Gasteiger partial charge in [-0.3, -0.25) is 24.6 Å². The third kappa shape index (κ3) is 3.51. The number of hydrogen-bond donors (Lipinski definition) is 4. The molecule has 2 aliphatic rings. The lowest BCUT2D eigenvalue weighted by Crippen LogP contribution is -2.56. The highest BCUT2D eigenvalue weighted by Crippen LogP contribution is 2.52. The third-order valence-corrected chi connectivity index (χ3v) is 6.97. The van der Waals surface area contributed by atoms with Crippen molar-refractivity contribution in [2.75, 3.05) is 12.0 Å². The smallest absolute Gasteiger partial charge is 0.324 e. The summed E-state index contributed by atoms with van der Waals surface area (Å²) in [6.07, 6.45) is 1.98. The lowest BCUT2D eigenvalue weighted by Gasteiger charge is -2.31. The Morgan fingerprint density at radius 3 is 2.47 bits per heavy atom. The van der Waals surface area contributed by atoms with Crippen molar-refractivity contribution in [3.63, 3.8) is 0 Å². The number of fused-ring (bicyclic) bond motifs is 1. The fraction of sp³-hybridized carbons (Fsp3) is 0.348. The van der Waals surface area contributed by atoms with Crippen LogP contribution in [0.3, 0.4) is 0 Å². The van der Waals surface area contributed by atoms with Gasteiger partial charge in [0.05, 0.1) is 18.4 Å². The van der Waals surface area contributed by atoms with Crippen LogP contribution in [-0.4, -0.2) is 55.6 Å². The number of nitrogens with one attached hydrogen (secondary N) is 1. The molecule has 4 rings (SSSR count). The van der Waals surface area contributed by atoms with Gasteiger partial charge in [0.25, 0.3) is 0 Å². The molecular formula is C23H24N2O6S. The molecule has 4 atom stereocenters. The van der Waals surface area contributed by atoms with Gasteiger partial charge in [0.15, 0.2) is 0 Å². The zero-order chi connectivity index (χ0) is 23.0. The molecule has 0 spiro atoms. The Morgan fingerprint density at radius 1 is 1.12 bits per heavy atom. The van der Waals surface area contributed by atoms with Crippen LogP contribution < -0.4 is 5.32 Å². The number of rotatable bonds is 7. The summed E-state index contributed by atoms with van der Waals surface area (Å²) < 4.78 is 0. The molecule has 9 heteroatoms. The minimum atomic E-state index is -1.65. The lowest BCUT2D eigenvalue weighted by atomic mass is 9.78. The average molecular weight is 457 g/mol. The van der Waals surface area contributed by atoms with Crippen molar-refractivity contribution < 1.29 is 29.7 Å². The summed E-state index contributed by atoms with van der Waals surface area (Å²) >= 11 is 1.45. The van der Waals surface area contributed by atoms with Crippen LogP contribution in [0.1, 0.15) is 23.6 Å². The van der Waals surface area contributed by atoms with Crippen molar-refractivity contribution in [3.8, 4) is 11.5 Å². The maximum Gasteiger partial charge on any atom is 0.324 e. The van der Waals surface area contributed by atoms with Crippen LogP contribution in [-0.2, 0) is 20.9 Å². The number of aromatic hydroxyl groups is 2. The van der Waals surface area contributed by atoms with E-state index < -0.39 is 41.2 Å². The van der Waals surface area contributed by atoms with Crippen molar-refractivity contribution in [2.24, 2.45) is 11.8 Å². The normalized spacial score (nSPS) is 27.0. The van der Waals surface area contributed by atoms with E-state index in [9.17, 15) is 29.7 Å². The molecule has 0 radical (unpaired) electrons. The number of carbonyl (C=O) groups is 3. The van der Waals surface area contributed by atoms with Gasteiger partial charge in [-0.25, -0.2) is 0 Å². The number of benzene rings is 2. The second-order valence-corrected chi connectivity index (χ2v) is 9.12. The van der Waals surface area contributed by atoms with Gasteiger partial charge in [0.1, 0.15) is 17.0 Å². The maximum atomic E-state index is 13.5. The molecule has 2 fully saturated rings. The van der Waals surface area contributed by atoms with Crippen LogP contribution in [0.25, 0.3) is 0 Å². The first-order chi connectivity index (χ1) is 15.3. The molecule has 2 saturated heterocycles. The Morgan fingerprint density at radius 2 is 1.84 bits per heavy atom. The van der Waals surface area contributed by atoms with E-state index in [2.05, 4.69) is 5.32 Å². The first kappa shape index (κ1) is 22.2. The minimum Gasteiger partial charge on any atom is -0.508 e. The van der Waals surface area contributed by atoms with Crippen LogP contribution in [0.5, 0.6) is 11.5 Å². The van der Waals surface area contributed by atoms with Gasteiger partial charge >= 0.3 is 5.97 Å². The molecule has 168 valence electrons. The molecule has 2 amide bonds. The molecule has 2 aromatic carbocycles. The molecule has 2 heterocycles. The summed E-state index contributed by atoms with van der Waals surface area (Å²) in [5, 5.41) is 33.4. The predicted molar refractivity (Wildman–Crippen MR) is 118 cm³/mol. The number of carboxylic acid groups (broad SMARTS) is 1. The molecular weight excluding hydrogens is 432 g/mol. The summed E-state index contributed by atoms with van der Waals surface area (Å²) in [6, 6.07) is 12.1. The minimum absolute atomic E-state index is 0.0536. The van der Waals surface area contributed by atoms with Gasteiger partial charge in [-0.15, -0.1) is 0 Å². The molecule has 0 aromatic heterocycles. The van der Waals surface area contributed by atoms with Crippen molar-refractivity contribution in [3.05, 3.63) is 59.7 Å². The van der Waals surface area contributed by atoms with Crippen LogP contribution in [0.15, 0.2) is 48.5 Å². The van der Waals surface area contributed by atoms with Gasteiger partial charge in [0.2, 0.25) is 11.8 Å². The van der Waals surface area contributed by atoms with Gasteiger partial charge in [-0.2, -0.15) is 11.8 Å². The largest absolute Gasteiger partial charge is 0.508 e. The summed E-state index contributed by atoms with van der Waals surface area (Å²) in [4.78, 5) is 40.7. The highest BCUT2D eigenvalue weighted by Gasteiger charge is 2.68. The second kappa shape index (κ2) is 8.48. The summed E-state index contributed by atoms with van der Waals surface area (Å²) in [7, 11) is 0. The van der Waals surface area contributed by atoms with Crippen LogP contribution in [0.2, 0.25) is 0 Å². The number of imide groups is 1. The number of thioether (sulfide) groups is 1. The van der Waals surface area contributed by atoms with Gasteiger partial charge in [0, 0.05) is 17.7 Å². The predicted octanol–water partition coefficient (Wildman–Crippen LogP) is 2.12. The molecule has 0 unspecified atom stereocenters. The Kier molecular flexibility index (Phi) is 5.87. The van der Waals surface area contributed by atoms with Crippen LogP contribution in [0.4, 0.5) is 0 Å². The van der Waals surface area contributed by atoms with E-state index in [1.165, 1.54) is 23.9 Å². The topological polar surface area (TPSA) is 127 Å². The average Bonchev–Trinajstić information content (AvgIpc) is 3.23. The van der Waals surface area contributed by atoms with E-state index >= 15 is 0 Å². The van der Waals surface area contributed by atoms with Gasteiger partial charge in [-0.1, -0.05) is 36.4 Å². The number of carboxylic acids is 1. The number of amides is 2. The van der Waals surface area contributed by atoms with E-state index in [4.69, 9.17) is 0 Å².